The van der Waals surface area contributed by atoms with Crippen LogP contribution in [0.3, 0.4) is 0 Å². The Balaban J connectivity index is 4.21. The Kier molecular flexibility index (Phi) is 9.25. The Morgan fingerprint density at radius 2 is 1.36 bits per heavy atom. The van der Waals surface area contributed by atoms with Gasteiger partial charge in [0.2, 0.25) is 0 Å². The zero-order valence-corrected chi connectivity index (χ0v) is 11.2. The third kappa shape index (κ3) is 4.90. The highest BCUT2D eigenvalue weighted by Crippen LogP contribution is 2.31. The van der Waals surface area contributed by atoms with Crippen LogP contribution >= 0.6 is 31.3 Å². The molecule has 0 aromatic rings. The maximum absolute atomic E-state index is 12.0. The van der Waals surface area contributed by atoms with Crippen molar-refractivity contribution in [1.82, 2.24) is 9.34 Å². The van der Waals surface area contributed by atoms with Crippen LogP contribution in [-0.4, -0.2) is 47.3 Å². The summed E-state index contributed by atoms with van der Waals surface area (Å²) in [6.45, 7) is 6.78. The first-order chi connectivity index (χ1) is 6.71. The van der Waals surface area contributed by atoms with E-state index >= 15 is 0 Å². The predicted molar refractivity (Wildman–Crippen MR) is 63.5 cm³/mol. The molecule has 0 aromatic carbocycles. The van der Waals surface area contributed by atoms with Crippen molar-refractivity contribution in [1.29, 1.82) is 0 Å². The van der Waals surface area contributed by atoms with Crippen LogP contribution in [0, 0.1) is 0 Å². The third-order valence-corrected chi connectivity index (χ3v) is 4.17. The van der Waals surface area contributed by atoms with Gasteiger partial charge in [-0.25, -0.2) is 0 Å². The first-order valence-electron chi connectivity index (χ1n) is 4.80. The van der Waals surface area contributed by atoms with Gasteiger partial charge in [0.1, 0.15) is 0 Å². The summed E-state index contributed by atoms with van der Waals surface area (Å²) in [6, 6.07) is 0. The standard InChI is InChI=1S/C8H18Cl2N2OP/c1-3-11(7-5-9)14(13)12(4-2)8-6-10/h3-8H2,1-2H3/q+1. The molecule has 0 heterocycles. The van der Waals surface area contributed by atoms with Crippen molar-refractivity contribution in [2.75, 3.05) is 37.9 Å². The van der Waals surface area contributed by atoms with Crippen molar-refractivity contribution >= 4 is 31.3 Å². The van der Waals surface area contributed by atoms with Crippen molar-refractivity contribution in [3.05, 3.63) is 0 Å². The fourth-order valence-electron chi connectivity index (χ4n) is 1.10. The van der Waals surface area contributed by atoms with Gasteiger partial charge in [-0.05, 0) is 18.4 Å². The molecule has 84 valence electrons. The average molecular weight is 260 g/mol. The van der Waals surface area contributed by atoms with Crippen molar-refractivity contribution in [3.8, 4) is 0 Å². The fourth-order valence-corrected chi connectivity index (χ4v) is 3.13. The number of hydrogen-bond donors (Lipinski definition) is 0. The van der Waals surface area contributed by atoms with Crippen molar-refractivity contribution in [3.63, 3.8) is 0 Å². The lowest BCUT2D eigenvalue weighted by molar-refractivity contribution is 0.383. The molecule has 14 heavy (non-hydrogen) atoms. The highest BCUT2D eigenvalue weighted by atomic mass is 35.5. The predicted octanol–water partition coefficient (Wildman–Crippen LogP) is 2.77. The van der Waals surface area contributed by atoms with Crippen molar-refractivity contribution in [2.45, 2.75) is 13.8 Å². The molecule has 0 spiro atoms. The molecule has 0 aliphatic carbocycles. The van der Waals surface area contributed by atoms with Crippen LogP contribution in [0.1, 0.15) is 13.8 Å². The first-order valence-corrected chi connectivity index (χ1v) is 7.03. The topological polar surface area (TPSA) is 23.6 Å². The van der Waals surface area contributed by atoms with E-state index in [1.807, 2.05) is 23.2 Å². The molecule has 0 saturated carbocycles. The largest absolute Gasteiger partial charge is 0.537 e. The van der Waals surface area contributed by atoms with Crippen LogP contribution in [-0.2, 0) is 4.57 Å². The summed E-state index contributed by atoms with van der Waals surface area (Å²) in [6.07, 6.45) is 0. The molecule has 0 radical (unpaired) electrons. The zero-order valence-electron chi connectivity index (χ0n) is 8.75. The van der Waals surface area contributed by atoms with Gasteiger partial charge in [0.05, 0.1) is 13.1 Å². The summed E-state index contributed by atoms with van der Waals surface area (Å²) in [5.74, 6) is 1.01. The van der Waals surface area contributed by atoms with E-state index in [9.17, 15) is 4.57 Å². The minimum atomic E-state index is -1.47. The molecule has 0 aromatic heterocycles. The van der Waals surface area contributed by atoms with Crippen molar-refractivity contribution in [2.24, 2.45) is 0 Å². The van der Waals surface area contributed by atoms with Crippen LogP contribution in [0.15, 0.2) is 0 Å². The number of halogens is 2. The number of hydrogen-bond acceptors (Lipinski definition) is 1. The highest BCUT2D eigenvalue weighted by Gasteiger charge is 2.32. The number of rotatable bonds is 8. The van der Waals surface area contributed by atoms with Gasteiger partial charge >= 0.3 is 8.10 Å². The molecule has 0 bridgehead atoms. The second kappa shape index (κ2) is 8.87. The normalized spacial score (nSPS) is 11.3. The molecule has 0 atom stereocenters. The Labute approximate surface area is 97.2 Å². The van der Waals surface area contributed by atoms with Gasteiger partial charge in [-0.1, -0.05) is 9.34 Å². The van der Waals surface area contributed by atoms with E-state index in [0.29, 0.717) is 24.8 Å². The molecule has 3 nitrogen and oxygen atoms in total. The van der Waals surface area contributed by atoms with Crippen molar-refractivity contribution < 1.29 is 4.57 Å². The van der Waals surface area contributed by atoms with E-state index in [0.717, 1.165) is 13.1 Å². The smallest absolute Gasteiger partial charge is 0.125 e. The minimum absolute atomic E-state index is 0.507. The van der Waals surface area contributed by atoms with Gasteiger partial charge in [-0.15, -0.1) is 23.2 Å². The van der Waals surface area contributed by atoms with E-state index < -0.39 is 8.10 Å². The highest BCUT2D eigenvalue weighted by molar-refractivity contribution is 7.39. The lowest BCUT2D eigenvalue weighted by Crippen LogP contribution is -2.28. The summed E-state index contributed by atoms with van der Waals surface area (Å²) < 4.78 is 15.7. The fraction of sp³-hybridized carbons (Fsp3) is 1.00. The van der Waals surface area contributed by atoms with E-state index in [1.165, 1.54) is 0 Å². The molecule has 6 heteroatoms. The summed E-state index contributed by atoms with van der Waals surface area (Å²) in [5.41, 5.74) is 0. The molecule has 0 N–H and O–H groups in total. The Morgan fingerprint density at radius 1 is 1.00 bits per heavy atom. The molecule has 0 unspecified atom stereocenters. The van der Waals surface area contributed by atoms with Gasteiger partial charge in [0.25, 0.3) is 0 Å². The summed E-state index contributed by atoms with van der Waals surface area (Å²) in [5, 5.41) is 0. The number of alkyl halides is 2. The molecule has 0 fully saturated rings. The average Bonchev–Trinajstić information content (AvgIpc) is 2.21. The monoisotopic (exact) mass is 259 g/mol. The molecule has 0 saturated heterocycles. The van der Waals surface area contributed by atoms with Crippen LogP contribution in [0.5, 0.6) is 0 Å². The molecule has 0 rings (SSSR count). The lowest BCUT2D eigenvalue weighted by Gasteiger charge is -2.13. The first kappa shape index (κ1) is 14.6. The Hall–Kier alpha value is 0.600. The SMILES string of the molecule is CCN(CCCl)[P+](=O)N(CC)CCCl. The molecule has 0 amide bonds. The quantitative estimate of drug-likeness (QED) is 0.495. The van der Waals surface area contributed by atoms with Gasteiger partial charge in [-0.2, -0.15) is 0 Å². The molecular formula is C8H18Cl2N2OP+. The van der Waals surface area contributed by atoms with E-state index in [4.69, 9.17) is 23.2 Å². The van der Waals surface area contributed by atoms with E-state index in [1.54, 1.807) is 0 Å². The Morgan fingerprint density at radius 3 is 1.57 bits per heavy atom. The summed E-state index contributed by atoms with van der Waals surface area (Å²) in [7, 11) is -1.47. The summed E-state index contributed by atoms with van der Waals surface area (Å²) >= 11 is 11.3. The van der Waals surface area contributed by atoms with Crippen LogP contribution in [0.4, 0.5) is 0 Å². The second-order valence-electron chi connectivity index (χ2n) is 2.72. The van der Waals surface area contributed by atoms with Gasteiger partial charge in [0.15, 0.2) is 0 Å². The lowest BCUT2D eigenvalue weighted by atomic mass is 10.7. The number of nitrogens with zero attached hydrogens (tertiary/aromatic N) is 2. The molecule has 0 aliphatic rings. The van der Waals surface area contributed by atoms with Crippen LogP contribution < -0.4 is 0 Å². The second-order valence-corrected chi connectivity index (χ2v) is 5.12. The van der Waals surface area contributed by atoms with E-state index in [2.05, 4.69) is 0 Å². The maximum Gasteiger partial charge on any atom is 0.537 e. The van der Waals surface area contributed by atoms with Gasteiger partial charge in [-0.3, -0.25) is 0 Å². The molecule has 0 aliphatic heterocycles. The zero-order chi connectivity index (χ0) is 11.0. The Bertz CT molecular complexity index is 155. The van der Waals surface area contributed by atoms with E-state index in [-0.39, 0.29) is 0 Å². The van der Waals surface area contributed by atoms with Gasteiger partial charge < -0.3 is 0 Å². The van der Waals surface area contributed by atoms with Crippen LogP contribution in [0.2, 0.25) is 0 Å². The van der Waals surface area contributed by atoms with Crippen LogP contribution in [0.25, 0.3) is 0 Å². The third-order valence-electron chi connectivity index (χ3n) is 1.90. The minimum Gasteiger partial charge on any atom is -0.125 e. The molecular weight excluding hydrogens is 242 g/mol. The maximum atomic E-state index is 12.0. The summed E-state index contributed by atoms with van der Waals surface area (Å²) in [4.78, 5) is 0. The van der Waals surface area contributed by atoms with Gasteiger partial charge in [0, 0.05) is 24.8 Å².